The van der Waals surface area contributed by atoms with Crippen molar-refractivity contribution >= 4 is 27.6 Å². The molecule has 0 saturated carbocycles. The van der Waals surface area contributed by atoms with Gasteiger partial charge in [0.25, 0.3) is 0 Å². The molecule has 0 fully saturated rings. The Kier molecular flexibility index (Phi) is 4.77. The first-order valence-electron chi connectivity index (χ1n) is 9.31. The summed E-state index contributed by atoms with van der Waals surface area (Å²) in [5, 5.41) is 2.99. The number of aryl methyl sites for hydroxylation is 2. The van der Waals surface area contributed by atoms with Gasteiger partial charge < -0.3 is 5.32 Å². The van der Waals surface area contributed by atoms with Crippen molar-refractivity contribution in [2.45, 2.75) is 44.9 Å². The molecule has 2 aliphatic rings. The minimum absolute atomic E-state index is 0.00666. The Hall–Kier alpha value is -2.20. The summed E-state index contributed by atoms with van der Waals surface area (Å²) in [5.41, 5.74) is 6.15. The third-order valence-corrected chi connectivity index (χ3v) is 6.54. The maximum Gasteiger partial charge on any atom is 0.225 e. The van der Waals surface area contributed by atoms with Crippen LogP contribution in [-0.2, 0) is 9.59 Å². The first-order chi connectivity index (χ1) is 12.9. The number of carbonyl (C=O) groups is 2. The molecular formula is C23H22BrNO2. The molecule has 138 valence electrons. The largest absolute Gasteiger partial charge is 0.329 e. The van der Waals surface area contributed by atoms with Gasteiger partial charge >= 0.3 is 0 Å². The van der Waals surface area contributed by atoms with Gasteiger partial charge in [-0.2, -0.15) is 0 Å². The van der Waals surface area contributed by atoms with Crippen LogP contribution in [0.2, 0.25) is 0 Å². The SMILES string of the molecule is Cc1ccc(C2CC(=O)C3=C(C2)NC(=O)CC3c2ccc(C)c(Br)c2)cc1. The summed E-state index contributed by atoms with van der Waals surface area (Å²) in [7, 11) is 0. The van der Waals surface area contributed by atoms with Crippen LogP contribution in [0.3, 0.4) is 0 Å². The minimum Gasteiger partial charge on any atom is -0.329 e. The maximum atomic E-state index is 13.1. The van der Waals surface area contributed by atoms with E-state index in [0.717, 1.165) is 32.4 Å². The number of hydrogen-bond acceptors (Lipinski definition) is 2. The van der Waals surface area contributed by atoms with Crippen molar-refractivity contribution in [3.8, 4) is 0 Å². The van der Waals surface area contributed by atoms with E-state index in [0.29, 0.717) is 19.3 Å². The van der Waals surface area contributed by atoms with E-state index in [2.05, 4.69) is 52.4 Å². The monoisotopic (exact) mass is 423 g/mol. The van der Waals surface area contributed by atoms with E-state index in [4.69, 9.17) is 0 Å². The number of benzene rings is 2. The van der Waals surface area contributed by atoms with Crippen LogP contribution in [0.25, 0.3) is 0 Å². The van der Waals surface area contributed by atoms with Crippen molar-refractivity contribution in [1.29, 1.82) is 0 Å². The highest BCUT2D eigenvalue weighted by Crippen LogP contribution is 2.43. The second-order valence-corrected chi connectivity index (χ2v) is 8.50. The van der Waals surface area contributed by atoms with Crippen molar-refractivity contribution in [2.24, 2.45) is 0 Å². The van der Waals surface area contributed by atoms with Gasteiger partial charge in [0.15, 0.2) is 5.78 Å². The van der Waals surface area contributed by atoms with Gasteiger partial charge in [0.05, 0.1) is 0 Å². The van der Waals surface area contributed by atoms with E-state index in [1.165, 1.54) is 5.56 Å². The molecule has 2 atom stereocenters. The molecule has 1 aliphatic carbocycles. The molecule has 4 heteroatoms. The Bertz CT molecular complexity index is 959. The molecule has 0 bridgehead atoms. The summed E-state index contributed by atoms with van der Waals surface area (Å²) in [4.78, 5) is 25.5. The van der Waals surface area contributed by atoms with Crippen LogP contribution in [0.15, 0.2) is 58.2 Å². The normalized spacial score (nSPS) is 22.5. The molecular weight excluding hydrogens is 402 g/mol. The third kappa shape index (κ3) is 3.51. The zero-order valence-electron chi connectivity index (χ0n) is 15.5. The minimum atomic E-state index is -0.155. The van der Waals surface area contributed by atoms with E-state index < -0.39 is 0 Å². The number of nitrogens with one attached hydrogen (secondary N) is 1. The van der Waals surface area contributed by atoms with Crippen LogP contribution in [0.1, 0.15) is 53.4 Å². The second-order valence-electron chi connectivity index (χ2n) is 7.64. The van der Waals surface area contributed by atoms with Crippen LogP contribution < -0.4 is 5.32 Å². The lowest BCUT2D eigenvalue weighted by Crippen LogP contribution is -2.38. The Balaban J connectivity index is 1.71. The number of Topliss-reactive ketones (excluding diaryl/α,β-unsaturated/α-hetero) is 1. The summed E-state index contributed by atoms with van der Waals surface area (Å²) >= 11 is 3.58. The molecule has 1 N–H and O–H groups in total. The molecule has 0 saturated heterocycles. The van der Waals surface area contributed by atoms with Crippen molar-refractivity contribution in [3.05, 3.63) is 80.5 Å². The van der Waals surface area contributed by atoms with Crippen molar-refractivity contribution in [1.82, 2.24) is 5.32 Å². The third-order valence-electron chi connectivity index (χ3n) is 5.68. The fraction of sp³-hybridized carbons (Fsp3) is 0.304. The quantitative estimate of drug-likeness (QED) is 0.732. The number of ketones is 1. The predicted octanol–water partition coefficient (Wildman–Crippen LogP) is 5.07. The average molecular weight is 424 g/mol. The van der Waals surface area contributed by atoms with Crippen LogP contribution in [-0.4, -0.2) is 11.7 Å². The highest BCUT2D eigenvalue weighted by atomic mass is 79.9. The number of rotatable bonds is 2. The standard InChI is InChI=1S/C23H22BrNO2/c1-13-3-6-15(7-4-13)17-10-20-23(21(26)11-17)18(12-22(27)25-20)16-8-5-14(2)19(24)9-16/h3-9,17-18H,10-12H2,1-2H3,(H,25,27). The van der Waals surface area contributed by atoms with Gasteiger partial charge in [-0.1, -0.05) is 57.9 Å². The molecule has 2 unspecified atom stereocenters. The van der Waals surface area contributed by atoms with E-state index in [1.807, 2.05) is 25.1 Å². The molecule has 1 heterocycles. The fourth-order valence-corrected chi connectivity index (χ4v) is 4.54. The van der Waals surface area contributed by atoms with Gasteiger partial charge in [0.1, 0.15) is 0 Å². The number of amides is 1. The molecule has 0 aromatic heterocycles. The van der Waals surface area contributed by atoms with Crippen molar-refractivity contribution < 1.29 is 9.59 Å². The Morgan fingerprint density at radius 3 is 2.33 bits per heavy atom. The number of halogens is 1. The predicted molar refractivity (Wildman–Crippen MR) is 110 cm³/mol. The van der Waals surface area contributed by atoms with E-state index in [9.17, 15) is 9.59 Å². The Morgan fingerprint density at radius 2 is 1.63 bits per heavy atom. The van der Waals surface area contributed by atoms with Crippen LogP contribution in [0.4, 0.5) is 0 Å². The Morgan fingerprint density at radius 1 is 0.926 bits per heavy atom. The zero-order chi connectivity index (χ0) is 19.1. The molecule has 27 heavy (non-hydrogen) atoms. The molecule has 2 aromatic carbocycles. The van der Waals surface area contributed by atoms with E-state index >= 15 is 0 Å². The lowest BCUT2D eigenvalue weighted by atomic mass is 9.73. The smallest absolute Gasteiger partial charge is 0.225 e. The van der Waals surface area contributed by atoms with Gasteiger partial charge in [-0.25, -0.2) is 0 Å². The lowest BCUT2D eigenvalue weighted by Gasteiger charge is -2.34. The van der Waals surface area contributed by atoms with Gasteiger partial charge in [0.2, 0.25) is 5.91 Å². The van der Waals surface area contributed by atoms with E-state index in [1.54, 1.807) is 0 Å². The summed E-state index contributed by atoms with van der Waals surface area (Å²) in [6.45, 7) is 4.09. The molecule has 4 rings (SSSR count). The van der Waals surface area contributed by atoms with E-state index in [-0.39, 0.29) is 23.5 Å². The van der Waals surface area contributed by atoms with Crippen LogP contribution in [0, 0.1) is 13.8 Å². The summed E-state index contributed by atoms with van der Waals surface area (Å²) < 4.78 is 1.01. The number of allylic oxidation sites excluding steroid dienone is 2. The molecule has 1 aliphatic heterocycles. The molecule has 1 amide bonds. The summed E-state index contributed by atoms with van der Waals surface area (Å²) in [5.74, 6) is 0.120. The summed E-state index contributed by atoms with van der Waals surface area (Å²) in [6, 6.07) is 14.5. The Labute approximate surface area is 168 Å². The molecule has 0 radical (unpaired) electrons. The van der Waals surface area contributed by atoms with Crippen molar-refractivity contribution in [3.63, 3.8) is 0 Å². The molecule has 2 aromatic rings. The van der Waals surface area contributed by atoms with Gasteiger partial charge in [-0.05, 0) is 48.9 Å². The first-order valence-corrected chi connectivity index (χ1v) is 10.1. The summed E-state index contributed by atoms with van der Waals surface area (Å²) in [6.07, 6.45) is 1.54. The molecule has 3 nitrogen and oxygen atoms in total. The van der Waals surface area contributed by atoms with Crippen LogP contribution >= 0.6 is 15.9 Å². The van der Waals surface area contributed by atoms with Gasteiger partial charge in [-0.15, -0.1) is 0 Å². The first kappa shape index (κ1) is 18.2. The highest BCUT2D eigenvalue weighted by Gasteiger charge is 2.38. The number of hydrogen-bond donors (Lipinski definition) is 1. The zero-order valence-corrected chi connectivity index (χ0v) is 17.1. The van der Waals surface area contributed by atoms with Gasteiger partial charge in [-0.3, -0.25) is 9.59 Å². The second kappa shape index (κ2) is 7.08. The highest BCUT2D eigenvalue weighted by molar-refractivity contribution is 9.10. The molecule has 0 spiro atoms. The lowest BCUT2D eigenvalue weighted by molar-refractivity contribution is -0.122. The number of carbonyl (C=O) groups excluding carboxylic acids is 2. The maximum absolute atomic E-state index is 13.1. The van der Waals surface area contributed by atoms with Crippen LogP contribution in [0.5, 0.6) is 0 Å². The van der Waals surface area contributed by atoms with Gasteiger partial charge in [0, 0.05) is 34.5 Å². The fourth-order valence-electron chi connectivity index (χ4n) is 4.15. The topological polar surface area (TPSA) is 46.2 Å². The van der Waals surface area contributed by atoms with Crippen molar-refractivity contribution in [2.75, 3.05) is 0 Å². The average Bonchev–Trinajstić information content (AvgIpc) is 2.63.